The Morgan fingerprint density at radius 3 is 2.30 bits per heavy atom. The van der Waals surface area contributed by atoms with Crippen LogP contribution in [0.1, 0.15) is 27.2 Å². The van der Waals surface area contributed by atoms with Crippen LogP contribution in [0.4, 0.5) is 0 Å². The average Bonchev–Trinajstić information content (AvgIpc) is 1.78. The first-order valence-corrected chi connectivity index (χ1v) is 3.77. The third kappa shape index (κ3) is 1.72. The Labute approximate surface area is 62.0 Å². The van der Waals surface area contributed by atoms with Gasteiger partial charge in [-0.1, -0.05) is 20.8 Å². The molecule has 0 saturated carbocycles. The molecule has 1 N–H and O–H groups in total. The molecule has 1 aliphatic heterocycles. The van der Waals surface area contributed by atoms with Crippen LogP contribution in [-0.4, -0.2) is 12.5 Å². The molecule has 0 aromatic heterocycles. The van der Waals surface area contributed by atoms with Gasteiger partial charge >= 0.3 is 0 Å². The third-order valence-electron chi connectivity index (χ3n) is 1.75. The summed E-state index contributed by atoms with van der Waals surface area (Å²) in [5.41, 5.74) is 0.294. The molecule has 1 unspecified atom stereocenters. The molecule has 0 aromatic rings. The standard InChI is InChI=1S/C8H15NO/c1-8(2,3)4-6-5-9-7(6)10/h6H,4-5H2,1-3H3,(H,9,10). The predicted molar refractivity (Wildman–Crippen MR) is 40.6 cm³/mol. The smallest absolute Gasteiger partial charge is 0.224 e. The van der Waals surface area contributed by atoms with E-state index >= 15 is 0 Å². The van der Waals surface area contributed by atoms with E-state index in [0.29, 0.717) is 11.3 Å². The van der Waals surface area contributed by atoms with Gasteiger partial charge in [-0.25, -0.2) is 0 Å². The summed E-state index contributed by atoms with van der Waals surface area (Å²) in [6.07, 6.45) is 1.01. The summed E-state index contributed by atoms with van der Waals surface area (Å²) in [6, 6.07) is 0. The normalized spacial score (nSPS) is 25.5. The van der Waals surface area contributed by atoms with E-state index in [1.165, 1.54) is 0 Å². The highest BCUT2D eigenvalue weighted by atomic mass is 16.2. The number of carbonyl (C=O) groups is 1. The van der Waals surface area contributed by atoms with Gasteiger partial charge in [0.2, 0.25) is 5.91 Å². The highest BCUT2D eigenvalue weighted by Crippen LogP contribution is 2.26. The fraction of sp³-hybridized carbons (Fsp3) is 0.875. The van der Waals surface area contributed by atoms with Gasteiger partial charge in [-0.2, -0.15) is 0 Å². The summed E-state index contributed by atoms with van der Waals surface area (Å²) >= 11 is 0. The molecular weight excluding hydrogens is 126 g/mol. The van der Waals surface area contributed by atoms with Gasteiger partial charge in [-0.05, 0) is 11.8 Å². The van der Waals surface area contributed by atoms with E-state index in [0.717, 1.165) is 13.0 Å². The molecule has 1 saturated heterocycles. The first kappa shape index (κ1) is 7.58. The van der Waals surface area contributed by atoms with E-state index in [1.54, 1.807) is 0 Å². The van der Waals surface area contributed by atoms with Crippen LogP contribution in [0.3, 0.4) is 0 Å². The minimum Gasteiger partial charge on any atom is -0.355 e. The molecule has 0 spiro atoms. The van der Waals surface area contributed by atoms with Gasteiger partial charge in [-0.3, -0.25) is 4.79 Å². The Balaban J connectivity index is 2.32. The van der Waals surface area contributed by atoms with E-state index in [2.05, 4.69) is 26.1 Å². The van der Waals surface area contributed by atoms with Crippen LogP contribution in [0.5, 0.6) is 0 Å². The van der Waals surface area contributed by atoms with Gasteiger partial charge in [0.1, 0.15) is 0 Å². The molecule has 1 amide bonds. The quantitative estimate of drug-likeness (QED) is 0.546. The maximum Gasteiger partial charge on any atom is 0.224 e. The van der Waals surface area contributed by atoms with Crippen molar-refractivity contribution in [3.63, 3.8) is 0 Å². The van der Waals surface area contributed by atoms with Gasteiger partial charge < -0.3 is 5.32 Å². The summed E-state index contributed by atoms with van der Waals surface area (Å²) < 4.78 is 0. The van der Waals surface area contributed by atoms with E-state index in [4.69, 9.17) is 0 Å². The highest BCUT2D eigenvalue weighted by molar-refractivity contribution is 5.84. The molecule has 58 valence electrons. The zero-order valence-electron chi connectivity index (χ0n) is 6.90. The number of hydrogen-bond donors (Lipinski definition) is 1. The predicted octanol–water partition coefficient (Wildman–Crippen LogP) is 1.17. The zero-order valence-corrected chi connectivity index (χ0v) is 6.90. The first-order valence-electron chi connectivity index (χ1n) is 3.77. The minimum atomic E-state index is 0.231. The van der Waals surface area contributed by atoms with Crippen LogP contribution >= 0.6 is 0 Å². The van der Waals surface area contributed by atoms with Crippen molar-refractivity contribution in [2.75, 3.05) is 6.54 Å². The molecule has 10 heavy (non-hydrogen) atoms. The van der Waals surface area contributed by atoms with Crippen molar-refractivity contribution in [2.45, 2.75) is 27.2 Å². The van der Waals surface area contributed by atoms with Crippen LogP contribution in [-0.2, 0) is 4.79 Å². The topological polar surface area (TPSA) is 29.1 Å². The van der Waals surface area contributed by atoms with Crippen molar-refractivity contribution in [3.05, 3.63) is 0 Å². The van der Waals surface area contributed by atoms with Gasteiger partial charge in [0, 0.05) is 6.54 Å². The Hall–Kier alpha value is -0.530. The monoisotopic (exact) mass is 141 g/mol. The first-order chi connectivity index (χ1) is 4.49. The Morgan fingerprint density at radius 2 is 2.20 bits per heavy atom. The summed E-state index contributed by atoms with van der Waals surface area (Å²) in [4.78, 5) is 10.8. The van der Waals surface area contributed by atoms with Gasteiger partial charge in [0.15, 0.2) is 0 Å². The SMILES string of the molecule is CC(C)(C)CC1CNC1=O. The number of carbonyl (C=O) groups excluding carboxylic acids is 1. The van der Waals surface area contributed by atoms with E-state index in [-0.39, 0.29) is 5.91 Å². The van der Waals surface area contributed by atoms with Gasteiger partial charge in [0.05, 0.1) is 5.92 Å². The van der Waals surface area contributed by atoms with E-state index < -0.39 is 0 Å². The van der Waals surface area contributed by atoms with E-state index in [1.807, 2.05) is 0 Å². The van der Waals surface area contributed by atoms with Crippen LogP contribution in [0, 0.1) is 11.3 Å². The minimum absolute atomic E-state index is 0.231. The van der Waals surface area contributed by atoms with Crippen LogP contribution < -0.4 is 5.32 Å². The molecule has 0 bridgehead atoms. The zero-order chi connectivity index (χ0) is 7.78. The maximum atomic E-state index is 10.8. The molecule has 1 rings (SSSR count). The molecular formula is C8H15NO. The number of β-lactam (4-membered cyclic amide) rings is 1. The highest BCUT2D eigenvalue weighted by Gasteiger charge is 2.31. The molecule has 0 aromatic carbocycles. The van der Waals surface area contributed by atoms with Crippen molar-refractivity contribution >= 4 is 5.91 Å². The molecule has 0 aliphatic carbocycles. The second-order valence-electron chi connectivity index (χ2n) is 4.21. The van der Waals surface area contributed by atoms with Crippen LogP contribution in [0.2, 0.25) is 0 Å². The number of amides is 1. The summed E-state index contributed by atoms with van der Waals surface area (Å²) in [7, 11) is 0. The van der Waals surface area contributed by atoms with Crippen molar-refractivity contribution in [3.8, 4) is 0 Å². The number of rotatable bonds is 1. The Morgan fingerprint density at radius 1 is 1.60 bits per heavy atom. The van der Waals surface area contributed by atoms with Gasteiger partial charge in [0.25, 0.3) is 0 Å². The lowest BCUT2D eigenvalue weighted by atomic mass is 9.82. The van der Waals surface area contributed by atoms with Crippen molar-refractivity contribution in [1.29, 1.82) is 0 Å². The lowest BCUT2D eigenvalue weighted by molar-refractivity contribution is -0.132. The molecule has 1 heterocycles. The fourth-order valence-electron chi connectivity index (χ4n) is 1.23. The molecule has 1 fully saturated rings. The van der Waals surface area contributed by atoms with Crippen molar-refractivity contribution in [1.82, 2.24) is 5.32 Å². The molecule has 1 atom stereocenters. The Kier molecular flexibility index (Phi) is 1.71. The summed E-state index contributed by atoms with van der Waals surface area (Å²) in [5, 5.41) is 2.74. The van der Waals surface area contributed by atoms with E-state index in [9.17, 15) is 4.79 Å². The van der Waals surface area contributed by atoms with Crippen LogP contribution in [0.15, 0.2) is 0 Å². The molecule has 0 radical (unpaired) electrons. The number of nitrogens with one attached hydrogen (secondary N) is 1. The van der Waals surface area contributed by atoms with Gasteiger partial charge in [-0.15, -0.1) is 0 Å². The van der Waals surface area contributed by atoms with Crippen molar-refractivity contribution < 1.29 is 4.79 Å². The third-order valence-corrected chi connectivity index (χ3v) is 1.75. The summed E-state index contributed by atoms with van der Waals surface area (Å²) in [5.74, 6) is 0.523. The lowest BCUT2D eigenvalue weighted by Gasteiger charge is -2.31. The largest absolute Gasteiger partial charge is 0.355 e. The molecule has 2 heteroatoms. The average molecular weight is 141 g/mol. The lowest BCUT2D eigenvalue weighted by Crippen LogP contribution is -2.49. The summed E-state index contributed by atoms with van der Waals surface area (Å²) in [6.45, 7) is 7.38. The fourth-order valence-corrected chi connectivity index (χ4v) is 1.23. The number of hydrogen-bond acceptors (Lipinski definition) is 1. The Bertz CT molecular complexity index is 146. The van der Waals surface area contributed by atoms with Crippen molar-refractivity contribution in [2.24, 2.45) is 11.3 Å². The van der Waals surface area contributed by atoms with Crippen LogP contribution in [0.25, 0.3) is 0 Å². The molecule has 1 aliphatic rings. The molecule has 2 nitrogen and oxygen atoms in total. The second kappa shape index (κ2) is 2.26. The second-order valence-corrected chi connectivity index (χ2v) is 4.21. The maximum absolute atomic E-state index is 10.8.